The Hall–Kier alpha value is -1.92. The van der Waals surface area contributed by atoms with Crippen molar-refractivity contribution in [2.45, 2.75) is 6.54 Å². The molecule has 0 saturated carbocycles. The molecule has 0 fully saturated rings. The summed E-state index contributed by atoms with van der Waals surface area (Å²) in [5, 5.41) is 0. The average Bonchev–Trinajstić information content (AvgIpc) is 2.92. The Kier molecular flexibility index (Phi) is 5.09. The summed E-state index contributed by atoms with van der Waals surface area (Å²) in [5.74, 6) is 0.527. The molecule has 0 aromatic carbocycles. The zero-order chi connectivity index (χ0) is 14.4. The van der Waals surface area contributed by atoms with E-state index in [0.29, 0.717) is 5.82 Å². The van der Waals surface area contributed by atoms with Gasteiger partial charge in [0.1, 0.15) is 5.82 Å². The Labute approximate surface area is 119 Å². The first-order chi connectivity index (χ1) is 9.70. The molecule has 6 nitrogen and oxygen atoms in total. The van der Waals surface area contributed by atoms with E-state index in [-0.39, 0.29) is 0 Å². The lowest BCUT2D eigenvalue weighted by Crippen LogP contribution is -2.26. The SMILES string of the molecule is COCCN(C)CCn1cncc1-c1ccc(N)nc1. The van der Waals surface area contributed by atoms with E-state index < -0.39 is 0 Å². The van der Waals surface area contributed by atoms with Crippen LogP contribution in [0, 0.1) is 0 Å². The van der Waals surface area contributed by atoms with Crippen LogP contribution in [0.1, 0.15) is 0 Å². The molecular weight excluding hydrogens is 254 g/mol. The van der Waals surface area contributed by atoms with Gasteiger partial charge in [-0.3, -0.25) is 0 Å². The topological polar surface area (TPSA) is 69.2 Å². The Bertz CT molecular complexity index is 523. The molecule has 0 saturated heterocycles. The van der Waals surface area contributed by atoms with Crippen LogP contribution in [0.3, 0.4) is 0 Å². The number of nitrogen functional groups attached to an aromatic ring is 1. The normalized spacial score (nSPS) is 11.2. The van der Waals surface area contributed by atoms with Crippen LogP contribution in [-0.4, -0.2) is 53.3 Å². The minimum Gasteiger partial charge on any atom is -0.384 e. The third kappa shape index (κ3) is 3.79. The van der Waals surface area contributed by atoms with Crippen molar-refractivity contribution in [2.75, 3.05) is 39.6 Å². The molecule has 0 atom stereocenters. The number of rotatable bonds is 7. The molecule has 0 aliphatic carbocycles. The number of hydrogen-bond donors (Lipinski definition) is 1. The van der Waals surface area contributed by atoms with Gasteiger partial charge in [0.25, 0.3) is 0 Å². The van der Waals surface area contributed by atoms with Crippen LogP contribution in [0.2, 0.25) is 0 Å². The molecule has 2 aromatic rings. The number of ether oxygens (including phenoxy) is 1. The molecule has 108 valence electrons. The Morgan fingerprint density at radius 1 is 1.30 bits per heavy atom. The molecule has 0 aliphatic heterocycles. The van der Waals surface area contributed by atoms with Crippen LogP contribution in [0.15, 0.2) is 30.9 Å². The fourth-order valence-electron chi connectivity index (χ4n) is 1.93. The summed E-state index contributed by atoms with van der Waals surface area (Å²) in [7, 11) is 3.80. The Morgan fingerprint density at radius 3 is 2.85 bits per heavy atom. The number of methoxy groups -OCH3 is 1. The van der Waals surface area contributed by atoms with E-state index >= 15 is 0 Å². The van der Waals surface area contributed by atoms with Gasteiger partial charge in [0, 0.05) is 38.5 Å². The zero-order valence-corrected chi connectivity index (χ0v) is 12.0. The van der Waals surface area contributed by atoms with Crippen LogP contribution in [0.25, 0.3) is 11.3 Å². The third-order valence-corrected chi connectivity index (χ3v) is 3.19. The summed E-state index contributed by atoms with van der Waals surface area (Å²) in [6.45, 7) is 3.48. The van der Waals surface area contributed by atoms with E-state index in [4.69, 9.17) is 10.5 Å². The van der Waals surface area contributed by atoms with E-state index in [1.807, 2.05) is 18.6 Å². The molecule has 0 amide bonds. The molecule has 0 spiro atoms. The summed E-state index contributed by atoms with van der Waals surface area (Å²) < 4.78 is 7.19. The van der Waals surface area contributed by atoms with E-state index in [0.717, 1.165) is 37.5 Å². The second kappa shape index (κ2) is 7.02. The summed E-state index contributed by atoms with van der Waals surface area (Å²) in [4.78, 5) is 10.6. The predicted molar refractivity (Wildman–Crippen MR) is 79.2 cm³/mol. The summed E-state index contributed by atoms with van der Waals surface area (Å²) in [6, 6.07) is 3.77. The van der Waals surface area contributed by atoms with E-state index in [1.54, 1.807) is 19.4 Å². The highest BCUT2D eigenvalue weighted by atomic mass is 16.5. The lowest BCUT2D eigenvalue weighted by Gasteiger charge is -2.17. The lowest BCUT2D eigenvalue weighted by molar-refractivity contribution is 0.159. The molecule has 2 N–H and O–H groups in total. The van der Waals surface area contributed by atoms with Crippen molar-refractivity contribution in [3.05, 3.63) is 30.9 Å². The van der Waals surface area contributed by atoms with Crippen molar-refractivity contribution in [3.8, 4) is 11.3 Å². The van der Waals surface area contributed by atoms with Crippen molar-refractivity contribution >= 4 is 5.82 Å². The molecule has 2 heterocycles. The maximum absolute atomic E-state index is 5.61. The average molecular weight is 275 g/mol. The monoisotopic (exact) mass is 275 g/mol. The number of anilines is 1. The van der Waals surface area contributed by atoms with Gasteiger partial charge in [0.05, 0.1) is 24.8 Å². The third-order valence-electron chi connectivity index (χ3n) is 3.19. The fraction of sp³-hybridized carbons (Fsp3) is 0.429. The highest BCUT2D eigenvalue weighted by Gasteiger charge is 2.06. The number of likely N-dealkylation sites (N-methyl/N-ethyl adjacent to an activating group) is 1. The number of nitrogens with zero attached hydrogens (tertiary/aromatic N) is 4. The molecular formula is C14H21N5O. The fourth-order valence-corrected chi connectivity index (χ4v) is 1.93. The maximum Gasteiger partial charge on any atom is 0.123 e. The van der Waals surface area contributed by atoms with E-state index in [2.05, 4.69) is 26.5 Å². The van der Waals surface area contributed by atoms with Crippen molar-refractivity contribution < 1.29 is 4.74 Å². The van der Waals surface area contributed by atoms with Gasteiger partial charge in [0.2, 0.25) is 0 Å². The molecule has 2 aromatic heterocycles. The molecule has 6 heteroatoms. The predicted octanol–water partition coefficient (Wildman–Crippen LogP) is 1.11. The second-order valence-corrected chi connectivity index (χ2v) is 4.74. The van der Waals surface area contributed by atoms with Gasteiger partial charge in [0.15, 0.2) is 0 Å². The van der Waals surface area contributed by atoms with E-state index in [1.165, 1.54) is 0 Å². The lowest BCUT2D eigenvalue weighted by atomic mass is 10.2. The minimum atomic E-state index is 0.527. The van der Waals surface area contributed by atoms with Crippen molar-refractivity contribution in [1.82, 2.24) is 19.4 Å². The van der Waals surface area contributed by atoms with Gasteiger partial charge in [-0.05, 0) is 19.2 Å². The summed E-state index contributed by atoms with van der Waals surface area (Å²) in [5.41, 5.74) is 7.69. The van der Waals surface area contributed by atoms with Gasteiger partial charge in [-0.1, -0.05) is 0 Å². The number of hydrogen-bond acceptors (Lipinski definition) is 5. The number of aromatic nitrogens is 3. The van der Waals surface area contributed by atoms with Crippen LogP contribution in [0.5, 0.6) is 0 Å². The van der Waals surface area contributed by atoms with Gasteiger partial charge in [-0.2, -0.15) is 0 Å². The number of imidazole rings is 1. The first kappa shape index (κ1) is 14.5. The molecule has 2 rings (SSSR count). The Balaban J connectivity index is 2.00. The zero-order valence-electron chi connectivity index (χ0n) is 12.0. The van der Waals surface area contributed by atoms with Crippen molar-refractivity contribution in [2.24, 2.45) is 0 Å². The maximum atomic E-state index is 5.61. The molecule has 20 heavy (non-hydrogen) atoms. The molecule has 0 unspecified atom stereocenters. The van der Waals surface area contributed by atoms with Crippen molar-refractivity contribution in [3.63, 3.8) is 0 Å². The largest absolute Gasteiger partial charge is 0.384 e. The number of pyridine rings is 1. The smallest absolute Gasteiger partial charge is 0.123 e. The molecule has 0 radical (unpaired) electrons. The Morgan fingerprint density at radius 2 is 2.15 bits per heavy atom. The van der Waals surface area contributed by atoms with Gasteiger partial charge in [-0.15, -0.1) is 0 Å². The van der Waals surface area contributed by atoms with Gasteiger partial charge >= 0.3 is 0 Å². The number of nitrogens with two attached hydrogens (primary N) is 1. The molecule has 0 bridgehead atoms. The standard InChI is InChI=1S/C14H21N5O/c1-18(7-8-20-2)5-6-19-11-16-10-13(19)12-3-4-14(15)17-9-12/h3-4,9-11H,5-8H2,1-2H3,(H2,15,17). The van der Waals surface area contributed by atoms with Gasteiger partial charge < -0.3 is 19.9 Å². The van der Waals surface area contributed by atoms with Crippen LogP contribution in [-0.2, 0) is 11.3 Å². The van der Waals surface area contributed by atoms with Crippen LogP contribution < -0.4 is 5.73 Å². The molecule has 0 aliphatic rings. The first-order valence-electron chi connectivity index (χ1n) is 6.60. The second-order valence-electron chi connectivity index (χ2n) is 4.74. The highest BCUT2D eigenvalue weighted by molar-refractivity contribution is 5.59. The van der Waals surface area contributed by atoms with Crippen LogP contribution in [0.4, 0.5) is 5.82 Å². The van der Waals surface area contributed by atoms with Crippen molar-refractivity contribution in [1.29, 1.82) is 0 Å². The van der Waals surface area contributed by atoms with Crippen LogP contribution >= 0.6 is 0 Å². The quantitative estimate of drug-likeness (QED) is 0.819. The highest BCUT2D eigenvalue weighted by Crippen LogP contribution is 2.18. The minimum absolute atomic E-state index is 0.527. The summed E-state index contributed by atoms with van der Waals surface area (Å²) in [6.07, 6.45) is 5.47. The van der Waals surface area contributed by atoms with Gasteiger partial charge in [-0.25, -0.2) is 9.97 Å². The first-order valence-corrected chi connectivity index (χ1v) is 6.60. The van der Waals surface area contributed by atoms with E-state index in [9.17, 15) is 0 Å². The summed E-state index contributed by atoms with van der Waals surface area (Å²) >= 11 is 0.